The van der Waals surface area contributed by atoms with Crippen LogP contribution in [-0.4, -0.2) is 37.6 Å². The lowest BCUT2D eigenvalue weighted by Gasteiger charge is -2.36. The van der Waals surface area contributed by atoms with E-state index in [0.29, 0.717) is 48.5 Å². The van der Waals surface area contributed by atoms with Crippen molar-refractivity contribution in [1.82, 2.24) is 5.32 Å². The van der Waals surface area contributed by atoms with Crippen molar-refractivity contribution in [2.75, 3.05) is 13.2 Å². The van der Waals surface area contributed by atoms with E-state index in [1.54, 1.807) is 0 Å². The van der Waals surface area contributed by atoms with E-state index in [4.69, 9.17) is 14.2 Å². The molecule has 0 radical (unpaired) electrons. The van der Waals surface area contributed by atoms with Gasteiger partial charge >= 0.3 is 12.2 Å². The third-order valence-corrected chi connectivity index (χ3v) is 7.24. The average Bonchev–Trinajstić information content (AvgIpc) is 2.67. The maximum absolute atomic E-state index is 12.2. The normalized spacial score (nSPS) is 31.4. The molecule has 0 spiro atoms. The first-order valence-corrected chi connectivity index (χ1v) is 12.4. The first-order valence-electron chi connectivity index (χ1n) is 12.4. The first kappa shape index (κ1) is 25.8. The smallest absolute Gasteiger partial charge is 0.446 e. The number of hydrogen-bond acceptors (Lipinski definition) is 5. The molecule has 6 heteroatoms. The van der Waals surface area contributed by atoms with Crippen molar-refractivity contribution in [2.24, 2.45) is 35.5 Å². The Bertz CT molecular complexity index is 516. The molecule has 31 heavy (non-hydrogen) atoms. The Morgan fingerprint density at radius 1 is 0.839 bits per heavy atom. The Balaban J connectivity index is 1.63. The molecule has 2 aliphatic rings. The molecular formula is C25H45NO5. The fourth-order valence-corrected chi connectivity index (χ4v) is 5.26. The van der Waals surface area contributed by atoms with Crippen molar-refractivity contribution in [3.63, 3.8) is 0 Å². The minimum atomic E-state index is -0.594. The predicted molar refractivity (Wildman–Crippen MR) is 122 cm³/mol. The minimum absolute atomic E-state index is 0.0123. The summed E-state index contributed by atoms with van der Waals surface area (Å²) in [6, 6.07) is 0. The van der Waals surface area contributed by atoms with Gasteiger partial charge in [-0.05, 0) is 67.6 Å². The summed E-state index contributed by atoms with van der Waals surface area (Å²) in [5, 5.41) is 2.79. The van der Waals surface area contributed by atoms with Gasteiger partial charge in [0.1, 0.15) is 12.2 Å². The van der Waals surface area contributed by atoms with Crippen LogP contribution in [0, 0.1) is 35.5 Å². The van der Waals surface area contributed by atoms with Crippen LogP contribution in [0.3, 0.4) is 0 Å². The topological polar surface area (TPSA) is 73.9 Å². The number of alkyl carbamates (subject to hydrolysis) is 1. The summed E-state index contributed by atoms with van der Waals surface area (Å²) in [5.41, 5.74) is 0. The van der Waals surface area contributed by atoms with Crippen LogP contribution in [0.15, 0.2) is 0 Å². The highest BCUT2D eigenvalue weighted by atomic mass is 16.7. The Labute approximate surface area is 189 Å². The second-order valence-electron chi connectivity index (χ2n) is 10.6. The zero-order valence-electron chi connectivity index (χ0n) is 20.5. The van der Waals surface area contributed by atoms with Gasteiger partial charge in [-0.2, -0.15) is 0 Å². The number of carbonyl (C=O) groups excluding carboxylic acids is 2. The van der Waals surface area contributed by atoms with E-state index in [0.717, 1.165) is 25.7 Å². The molecule has 0 heterocycles. The Morgan fingerprint density at radius 2 is 1.35 bits per heavy atom. The van der Waals surface area contributed by atoms with Gasteiger partial charge in [0.2, 0.25) is 0 Å². The molecule has 6 nitrogen and oxygen atoms in total. The fraction of sp³-hybridized carbons (Fsp3) is 0.920. The van der Waals surface area contributed by atoms with Crippen LogP contribution < -0.4 is 5.32 Å². The zero-order chi connectivity index (χ0) is 23.0. The molecule has 1 N–H and O–H groups in total. The van der Waals surface area contributed by atoms with E-state index in [2.05, 4.69) is 46.9 Å². The van der Waals surface area contributed by atoms with Crippen LogP contribution in [0.1, 0.15) is 86.5 Å². The van der Waals surface area contributed by atoms with Gasteiger partial charge in [0.05, 0.1) is 6.61 Å². The largest absolute Gasteiger partial charge is 0.508 e. The molecule has 1 amide bonds. The van der Waals surface area contributed by atoms with Gasteiger partial charge < -0.3 is 19.5 Å². The molecule has 6 atom stereocenters. The summed E-state index contributed by atoms with van der Waals surface area (Å²) in [6.07, 6.45) is 5.94. The lowest BCUT2D eigenvalue weighted by molar-refractivity contribution is -0.0319. The van der Waals surface area contributed by atoms with Crippen molar-refractivity contribution >= 4 is 12.2 Å². The highest BCUT2D eigenvalue weighted by Gasteiger charge is 2.34. The standard InChI is InChI=1S/C25H45NO5/c1-16(2)20-10-8-18(5)14-22(20)30-24(27)26-12-7-13-29-25(28)31-23-15-19(6)9-11-21(23)17(3)4/h16-23H,7-15H2,1-6H3,(H,26,27)/t18-,19+,20+,21-,22-,23+/m1/s1. The second-order valence-corrected chi connectivity index (χ2v) is 10.6. The minimum Gasteiger partial charge on any atom is -0.446 e. The quantitative estimate of drug-likeness (QED) is 0.361. The van der Waals surface area contributed by atoms with Crippen molar-refractivity contribution in [3.05, 3.63) is 0 Å². The predicted octanol–water partition coefficient (Wildman–Crippen LogP) is 6.18. The van der Waals surface area contributed by atoms with E-state index in [1.165, 1.54) is 12.8 Å². The highest BCUT2D eigenvalue weighted by molar-refractivity contribution is 5.67. The summed E-state index contributed by atoms with van der Waals surface area (Å²) in [5.74, 6) is 2.99. The SMILES string of the molecule is CC(C)[C@H]1CC[C@H](C)C[C@@H]1OC(=O)OCCCNC(=O)O[C@@H]1C[C@H](C)CC[C@H]1C(C)C. The average molecular weight is 440 g/mol. The number of amides is 1. The number of hydrogen-bond donors (Lipinski definition) is 1. The van der Waals surface area contributed by atoms with Gasteiger partial charge in [0, 0.05) is 6.54 Å². The molecule has 2 saturated carbocycles. The van der Waals surface area contributed by atoms with Crippen molar-refractivity contribution in [1.29, 1.82) is 0 Å². The van der Waals surface area contributed by atoms with Crippen molar-refractivity contribution in [3.8, 4) is 0 Å². The lowest BCUT2D eigenvalue weighted by Crippen LogP contribution is -2.39. The lowest BCUT2D eigenvalue weighted by atomic mass is 9.75. The second kappa shape index (κ2) is 12.5. The van der Waals surface area contributed by atoms with Crippen LogP contribution in [0.2, 0.25) is 0 Å². The molecule has 180 valence electrons. The monoisotopic (exact) mass is 439 g/mol. The Morgan fingerprint density at radius 3 is 1.87 bits per heavy atom. The maximum Gasteiger partial charge on any atom is 0.508 e. The van der Waals surface area contributed by atoms with E-state index >= 15 is 0 Å². The molecule has 0 saturated heterocycles. The summed E-state index contributed by atoms with van der Waals surface area (Å²) in [4.78, 5) is 24.3. The van der Waals surface area contributed by atoms with Crippen LogP contribution in [-0.2, 0) is 14.2 Å². The Hall–Kier alpha value is -1.46. The van der Waals surface area contributed by atoms with E-state index in [9.17, 15) is 9.59 Å². The van der Waals surface area contributed by atoms with Crippen LogP contribution in [0.4, 0.5) is 9.59 Å². The third-order valence-electron chi connectivity index (χ3n) is 7.24. The summed E-state index contributed by atoms with van der Waals surface area (Å²) in [6.45, 7) is 13.8. The van der Waals surface area contributed by atoms with Gasteiger partial charge in [0.15, 0.2) is 0 Å². The van der Waals surface area contributed by atoms with Gasteiger partial charge in [-0.3, -0.25) is 0 Å². The van der Waals surface area contributed by atoms with Gasteiger partial charge in [-0.25, -0.2) is 9.59 Å². The fourth-order valence-electron chi connectivity index (χ4n) is 5.26. The van der Waals surface area contributed by atoms with Crippen molar-refractivity contribution in [2.45, 2.75) is 98.7 Å². The molecule has 0 bridgehead atoms. The summed E-state index contributed by atoms with van der Waals surface area (Å²) >= 11 is 0. The van der Waals surface area contributed by atoms with E-state index < -0.39 is 6.16 Å². The van der Waals surface area contributed by atoms with E-state index in [1.807, 2.05) is 0 Å². The van der Waals surface area contributed by atoms with Crippen LogP contribution >= 0.6 is 0 Å². The van der Waals surface area contributed by atoms with Crippen LogP contribution in [0.25, 0.3) is 0 Å². The summed E-state index contributed by atoms with van der Waals surface area (Å²) in [7, 11) is 0. The van der Waals surface area contributed by atoms with Gasteiger partial charge in [-0.1, -0.05) is 54.4 Å². The van der Waals surface area contributed by atoms with Gasteiger partial charge in [-0.15, -0.1) is 0 Å². The molecule has 2 aliphatic carbocycles. The molecule has 2 fully saturated rings. The Kier molecular flexibility index (Phi) is 10.4. The highest BCUT2D eigenvalue weighted by Crippen LogP contribution is 2.36. The molecule has 0 aliphatic heterocycles. The number of nitrogens with one attached hydrogen (secondary N) is 1. The van der Waals surface area contributed by atoms with Gasteiger partial charge in [0.25, 0.3) is 0 Å². The molecule has 0 unspecified atom stereocenters. The first-order chi connectivity index (χ1) is 14.7. The molecule has 0 aromatic carbocycles. The van der Waals surface area contributed by atoms with E-state index in [-0.39, 0.29) is 24.9 Å². The summed E-state index contributed by atoms with van der Waals surface area (Å²) < 4.78 is 16.6. The maximum atomic E-state index is 12.2. The zero-order valence-corrected chi connectivity index (χ0v) is 20.5. The number of ether oxygens (including phenoxy) is 3. The third kappa shape index (κ3) is 8.53. The molecule has 0 aromatic rings. The number of carbonyl (C=O) groups is 2. The number of rotatable bonds is 8. The molecule has 0 aromatic heterocycles. The van der Waals surface area contributed by atoms with Crippen LogP contribution in [0.5, 0.6) is 0 Å². The molecular weight excluding hydrogens is 394 g/mol. The molecule has 2 rings (SSSR count). The van der Waals surface area contributed by atoms with Crippen molar-refractivity contribution < 1.29 is 23.8 Å².